The van der Waals surface area contributed by atoms with Crippen LogP contribution in [0.25, 0.3) is 0 Å². The highest BCUT2D eigenvalue weighted by Gasteiger charge is 2.47. The molecule has 0 N–H and O–H groups in total. The standard InChI is InChI=1S/C14H16O.C12H12O/c1-5-14-7-6-13(3,4)12(14)8-11(15)10(2)9-14;1-3-12-6-4-5-10(12)7-11(13)9(2)8-12/h1,8-9H,6-7H2,2-4H3;1,7-8H,4-6H2,2H3. The zero-order chi connectivity index (χ0) is 20.7. The van der Waals surface area contributed by atoms with Gasteiger partial charge in [-0.05, 0) is 85.8 Å². The van der Waals surface area contributed by atoms with E-state index in [0.29, 0.717) is 0 Å². The fourth-order valence-corrected chi connectivity index (χ4v) is 4.96. The molecule has 4 rings (SSSR count). The lowest BCUT2D eigenvalue weighted by Gasteiger charge is -2.30. The molecule has 0 radical (unpaired) electrons. The second-order valence-electron chi connectivity index (χ2n) is 9.08. The Labute approximate surface area is 168 Å². The Morgan fingerprint density at radius 1 is 0.857 bits per heavy atom. The van der Waals surface area contributed by atoms with Crippen LogP contribution >= 0.6 is 0 Å². The van der Waals surface area contributed by atoms with Gasteiger partial charge in [-0.2, -0.15) is 0 Å². The van der Waals surface area contributed by atoms with Crippen molar-refractivity contribution in [2.75, 3.05) is 0 Å². The average molecular weight is 373 g/mol. The van der Waals surface area contributed by atoms with Gasteiger partial charge in [-0.15, -0.1) is 12.8 Å². The third-order valence-corrected chi connectivity index (χ3v) is 6.74. The zero-order valence-corrected chi connectivity index (χ0v) is 17.3. The van der Waals surface area contributed by atoms with E-state index in [1.165, 1.54) is 0 Å². The summed E-state index contributed by atoms with van der Waals surface area (Å²) in [6.07, 6.45) is 23.8. The van der Waals surface area contributed by atoms with Gasteiger partial charge < -0.3 is 0 Å². The van der Waals surface area contributed by atoms with Crippen LogP contribution in [-0.2, 0) is 9.59 Å². The Hall–Kier alpha value is -2.58. The van der Waals surface area contributed by atoms with Gasteiger partial charge in [-0.1, -0.05) is 37.8 Å². The smallest absolute Gasteiger partial charge is 0.181 e. The fraction of sp³-hybridized carbons (Fsp3) is 0.462. The van der Waals surface area contributed by atoms with Crippen LogP contribution in [0.1, 0.15) is 59.8 Å². The van der Waals surface area contributed by atoms with E-state index in [1.807, 2.05) is 26.0 Å². The summed E-state index contributed by atoms with van der Waals surface area (Å²) in [4.78, 5) is 23.1. The first-order valence-corrected chi connectivity index (χ1v) is 9.96. The van der Waals surface area contributed by atoms with Crippen molar-refractivity contribution in [2.45, 2.75) is 59.8 Å². The number of terminal acetylenes is 2. The monoisotopic (exact) mass is 372 g/mol. The van der Waals surface area contributed by atoms with Crippen LogP contribution in [0, 0.1) is 40.9 Å². The van der Waals surface area contributed by atoms with Crippen molar-refractivity contribution in [2.24, 2.45) is 16.2 Å². The lowest BCUT2D eigenvalue weighted by Crippen LogP contribution is -2.24. The Morgan fingerprint density at radius 3 is 2.04 bits per heavy atom. The Balaban J connectivity index is 0.000000162. The number of carbonyl (C=O) groups excluding carboxylic acids is 2. The van der Waals surface area contributed by atoms with Crippen molar-refractivity contribution in [3.8, 4) is 24.7 Å². The van der Waals surface area contributed by atoms with Crippen molar-refractivity contribution in [3.05, 3.63) is 46.6 Å². The number of fused-ring (bicyclic) bond motifs is 2. The number of allylic oxidation sites excluding steroid dienone is 8. The molecule has 0 amide bonds. The van der Waals surface area contributed by atoms with Crippen molar-refractivity contribution < 1.29 is 9.59 Å². The first-order chi connectivity index (χ1) is 13.1. The van der Waals surface area contributed by atoms with Crippen LogP contribution in [0.15, 0.2) is 46.6 Å². The van der Waals surface area contributed by atoms with Gasteiger partial charge in [0.1, 0.15) is 0 Å². The maximum absolute atomic E-state index is 11.7. The lowest BCUT2D eigenvalue weighted by atomic mass is 9.72. The molecule has 2 nitrogen and oxygen atoms in total. The van der Waals surface area contributed by atoms with E-state index in [2.05, 4.69) is 25.7 Å². The summed E-state index contributed by atoms with van der Waals surface area (Å²) in [6, 6.07) is 0. The van der Waals surface area contributed by atoms with E-state index < -0.39 is 0 Å². The second kappa shape index (κ2) is 6.79. The summed E-state index contributed by atoms with van der Waals surface area (Å²) in [7, 11) is 0. The Morgan fingerprint density at radius 2 is 1.43 bits per heavy atom. The summed E-state index contributed by atoms with van der Waals surface area (Å²) < 4.78 is 0. The highest BCUT2D eigenvalue weighted by molar-refractivity contribution is 6.06. The molecular formula is C26H28O2. The highest BCUT2D eigenvalue weighted by atomic mass is 16.1. The fourth-order valence-electron chi connectivity index (χ4n) is 4.96. The third-order valence-electron chi connectivity index (χ3n) is 6.74. The molecule has 0 spiro atoms. The van der Waals surface area contributed by atoms with Crippen LogP contribution in [0.5, 0.6) is 0 Å². The summed E-state index contributed by atoms with van der Waals surface area (Å²) in [5.41, 5.74) is 3.44. The molecule has 2 unspecified atom stereocenters. The van der Waals surface area contributed by atoms with Gasteiger partial charge in [0.15, 0.2) is 11.6 Å². The predicted octanol–water partition coefficient (Wildman–Crippen LogP) is 5.13. The molecular weight excluding hydrogens is 344 g/mol. The van der Waals surface area contributed by atoms with E-state index in [1.54, 1.807) is 12.2 Å². The van der Waals surface area contributed by atoms with E-state index in [0.717, 1.165) is 54.4 Å². The molecule has 0 heterocycles. The van der Waals surface area contributed by atoms with Crippen LogP contribution in [0.3, 0.4) is 0 Å². The molecule has 0 bridgehead atoms. The van der Waals surface area contributed by atoms with E-state index >= 15 is 0 Å². The number of hydrogen-bond acceptors (Lipinski definition) is 2. The maximum Gasteiger partial charge on any atom is 0.181 e. The molecule has 2 saturated carbocycles. The van der Waals surface area contributed by atoms with E-state index in [4.69, 9.17) is 12.8 Å². The average Bonchev–Trinajstić information content (AvgIpc) is 3.17. The summed E-state index contributed by atoms with van der Waals surface area (Å²) >= 11 is 0. The van der Waals surface area contributed by atoms with Crippen LogP contribution < -0.4 is 0 Å². The molecule has 4 aliphatic rings. The largest absolute Gasteiger partial charge is 0.290 e. The summed E-state index contributed by atoms with van der Waals surface area (Å²) in [5.74, 6) is 5.97. The molecule has 144 valence electrons. The molecule has 0 aromatic heterocycles. The quantitative estimate of drug-likeness (QED) is 0.553. The van der Waals surface area contributed by atoms with Crippen LogP contribution in [0.2, 0.25) is 0 Å². The number of carbonyl (C=O) groups is 2. The molecule has 0 aromatic rings. The SMILES string of the molecule is C#CC12C=C(C)C(=O)C=C1C(C)(C)CC2.C#CC12C=C(C)C(=O)C=C1CCC2. The van der Waals surface area contributed by atoms with Gasteiger partial charge in [0.2, 0.25) is 0 Å². The Kier molecular flexibility index (Phi) is 4.89. The Bertz CT molecular complexity index is 951. The molecule has 2 heteroatoms. The van der Waals surface area contributed by atoms with E-state index in [9.17, 15) is 9.59 Å². The topological polar surface area (TPSA) is 34.1 Å². The van der Waals surface area contributed by atoms with Crippen molar-refractivity contribution >= 4 is 11.6 Å². The van der Waals surface area contributed by atoms with Gasteiger partial charge in [0.25, 0.3) is 0 Å². The minimum absolute atomic E-state index is 0.0687. The highest BCUT2D eigenvalue weighted by Crippen LogP contribution is 2.56. The second-order valence-corrected chi connectivity index (χ2v) is 9.08. The molecule has 28 heavy (non-hydrogen) atoms. The summed E-state index contributed by atoms with van der Waals surface area (Å²) in [5, 5.41) is 0. The van der Waals surface area contributed by atoms with Crippen molar-refractivity contribution in [3.63, 3.8) is 0 Å². The van der Waals surface area contributed by atoms with Crippen LogP contribution in [0.4, 0.5) is 0 Å². The van der Waals surface area contributed by atoms with Gasteiger partial charge in [0.05, 0.1) is 10.8 Å². The van der Waals surface area contributed by atoms with E-state index in [-0.39, 0.29) is 27.8 Å². The van der Waals surface area contributed by atoms with Crippen molar-refractivity contribution in [1.82, 2.24) is 0 Å². The minimum Gasteiger partial charge on any atom is -0.290 e. The number of rotatable bonds is 0. The lowest BCUT2D eigenvalue weighted by molar-refractivity contribution is -0.112. The predicted molar refractivity (Wildman–Crippen MR) is 113 cm³/mol. The molecule has 4 aliphatic carbocycles. The third kappa shape index (κ3) is 3.12. The van der Waals surface area contributed by atoms with Crippen LogP contribution in [-0.4, -0.2) is 11.6 Å². The molecule has 2 fully saturated rings. The van der Waals surface area contributed by atoms with Gasteiger partial charge in [0, 0.05) is 0 Å². The molecule has 0 saturated heterocycles. The van der Waals surface area contributed by atoms with Gasteiger partial charge in [-0.3, -0.25) is 9.59 Å². The number of hydrogen-bond donors (Lipinski definition) is 0. The molecule has 2 atom stereocenters. The zero-order valence-electron chi connectivity index (χ0n) is 17.3. The molecule has 0 aliphatic heterocycles. The normalized spacial score (nSPS) is 32.4. The first kappa shape index (κ1) is 20.2. The summed E-state index contributed by atoms with van der Waals surface area (Å²) in [6.45, 7) is 8.02. The number of ketones is 2. The molecule has 0 aromatic carbocycles. The van der Waals surface area contributed by atoms with Gasteiger partial charge >= 0.3 is 0 Å². The first-order valence-electron chi connectivity index (χ1n) is 9.96. The van der Waals surface area contributed by atoms with Gasteiger partial charge in [-0.25, -0.2) is 0 Å². The maximum atomic E-state index is 11.7. The minimum atomic E-state index is -0.276. The van der Waals surface area contributed by atoms with Crippen molar-refractivity contribution in [1.29, 1.82) is 0 Å².